The fraction of sp³-hybridized carbons (Fsp3) is 0.350. The molecule has 0 saturated carbocycles. The average molecular weight is 368 g/mol. The maximum atomic E-state index is 12.4. The van der Waals surface area contributed by atoms with Crippen molar-refractivity contribution in [2.45, 2.75) is 40.7 Å². The van der Waals surface area contributed by atoms with Gasteiger partial charge in [0.1, 0.15) is 17.1 Å². The number of furan rings is 1. The number of carbonyl (C=O) groups excluding carboxylic acids is 1. The number of nitrogens with one attached hydrogen (secondary N) is 2. The predicted octanol–water partition coefficient (Wildman–Crippen LogP) is 4.58. The van der Waals surface area contributed by atoms with E-state index >= 15 is 0 Å². The third-order valence-corrected chi connectivity index (χ3v) is 3.91. The van der Waals surface area contributed by atoms with Crippen LogP contribution in [0.15, 0.2) is 28.7 Å². The van der Waals surface area contributed by atoms with Gasteiger partial charge in [0.25, 0.3) is 0 Å². The smallest absolute Gasteiger partial charge is 0.342 e. The zero-order valence-corrected chi connectivity index (χ0v) is 16.2. The highest BCUT2D eigenvalue weighted by Gasteiger charge is 2.25. The zero-order valence-electron chi connectivity index (χ0n) is 16.2. The van der Waals surface area contributed by atoms with Crippen molar-refractivity contribution in [1.82, 2.24) is 9.97 Å². The first-order valence-electron chi connectivity index (χ1n) is 8.97. The van der Waals surface area contributed by atoms with Crippen molar-refractivity contribution >= 4 is 34.5 Å². The first kappa shape index (κ1) is 18.7. The Kier molecular flexibility index (Phi) is 5.30. The summed E-state index contributed by atoms with van der Waals surface area (Å²) in [7, 11) is 0. The van der Waals surface area contributed by atoms with E-state index in [-0.39, 0.29) is 12.6 Å². The first-order valence-corrected chi connectivity index (χ1v) is 8.97. The summed E-state index contributed by atoms with van der Waals surface area (Å²) in [5.41, 5.74) is 2.69. The van der Waals surface area contributed by atoms with Crippen LogP contribution in [0, 0.1) is 13.8 Å². The van der Waals surface area contributed by atoms with Gasteiger partial charge in [-0.25, -0.2) is 4.79 Å². The van der Waals surface area contributed by atoms with Gasteiger partial charge in [0, 0.05) is 11.7 Å². The molecule has 7 heteroatoms. The lowest BCUT2D eigenvalue weighted by molar-refractivity contribution is 0.0526. The minimum absolute atomic E-state index is 0.111. The fourth-order valence-corrected chi connectivity index (χ4v) is 2.85. The molecule has 2 heterocycles. The number of nitrogens with zero attached hydrogens (tertiary/aromatic N) is 2. The van der Waals surface area contributed by atoms with Crippen molar-refractivity contribution in [3.63, 3.8) is 0 Å². The largest absolute Gasteiger partial charge is 0.462 e. The molecular formula is C20H24N4O3. The lowest BCUT2D eigenvalue weighted by Gasteiger charge is -2.13. The molecule has 1 aromatic carbocycles. The molecule has 2 aromatic heterocycles. The van der Waals surface area contributed by atoms with Crippen LogP contribution in [0.2, 0.25) is 0 Å². The van der Waals surface area contributed by atoms with E-state index in [0.717, 1.165) is 11.3 Å². The summed E-state index contributed by atoms with van der Waals surface area (Å²) in [6, 6.07) is 8.02. The number of hydrogen-bond acceptors (Lipinski definition) is 7. The normalized spacial score (nSPS) is 11.0. The number of rotatable bonds is 6. The van der Waals surface area contributed by atoms with Crippen molar-refractivity contribution in [2.75, 3.05) is 17.2 Å². The standard InChI is InChI=1S/C20H24N4O3/c1-6-26-19(25)15-13(5)27-18-16(15)17(21-11(2)3)23-20(24-18)22-14-9-7-8-12(4)10-14/h7-11H,6H2,1-5H3,(H2,21,22,23,24). The maximum absolute atomic E-state index is 12.4. The van der Waals surface area contributed by atoms with Gasteiger partial charge in [0.15, 0.2) is 0 Å². The summed E-state index contributed by atoms with van der Waals surface area (Å²) in [6.45, 7) is 9.79. The van der Waals surface area contributed by atoms with E-state index in [1.807, 2.05) is 45.0 Å². The van der Waals surface area contributed by atoms with Crippen LogP contribution < -0.4 is 10.6 Å². The molecule has 0 amide bonds. The van der Waals surface area contributed by atoms with Gasteiger partial charge in [0.05, 0.1) is 12.0 Å². The second-order valence-electron chi connectivity index (χ2n) is 6.62. The Morgan fingerprint density at radius 2 is 2.04 bits per heavy atom. The summed E-state index contributed by atoms with van der Waals surface area (Å²) in [4.78, 5) is 21.4. The molecule has 0 saturated heterocycles. The number of hydrogen-bond donors (Lipinski definition) is 2. The van der Waals surface area contributed by atoms with Gasteiger partial charge in [-0.15, -0.1) is 0 Å². The molecule has 0 radical (unpaired) electrons. The minimum Gasteiger partial charge on any atom is -0.462 e. The Bertz CT molecular complexity index is 979. The molecule has 0 aliphatic heterocycles. The number of esters is 1. The molecule has 0 aliphatic carbocycles. The van der Waals surface area contributed by atoms with E-state index in [4.69, 9.17) is 9.15 Å². The molecule has 3 aromatic rings. The van der Waals surface area contributed by atoms with Gasteiger partial charge in [0.2, 0.25) is 11.7 Å². The molecule has 0 bridgehead atoms. The number of anilines is 3. The molecule has 27 heavy (non-hydrogen) atoms. The molecule has 3 rings (SSSR count). The molecule has 2 N–H and O–H groups in total. The van der Waals surface area contributed by atoms with Crippen molar-refractivity contribution < 1.29 is 13.9 Å². The second kappa shape index (κ2) is 7.65. The Labute approximate surface area is 158 Å². The van der Waals surface area contributed by atoms with Crippen molar-refractivity contribution in [3.8, 4) is 0 Å². The molecule has 142 valence electrons. The Hall–Kier alpha value is -3.09. The lowest BCUT2D eigenvalue weighted by atomic mass is 10.1. The van der Waals surface area contributed by atoms with Crippen LogP contribution in [-0.4, -0.2) is 28.6 Å². The third-order valence-electron chi connectivity index (χ3n) is 3.91. The van der Waals surface area contributed by atoms with Crippen LogP contribution >= 0.6 is 0 Å². The maximum Gasteiger partial charge on any atom is 0.342 e. The van der Waals surface area contributed by atoms with E-state index in [2.05, 4.69) is 20.6 Å². The topological polar surface area (TPSA) is 89.3 Å². The molecule has 0 spiro atoms. The summed E-state index contributed by atoms with van der Waals surface area (Å²) < 4.78 is 10.9. The quantitative estimate of drug-likeness (QED) is 0.616. The highest BCUT2D eigenvalue weighted by atomic mass is 16.5. The molecule has 0 atom stereocenters. The molecule has 7 nitrogen and oxygen atoms in total. The van der Waals surface area contributed by atoms with E-state index in [1.54, 1.807) is 13.8 Å². The zero-order chi connectivity index (χ0) is 19.6. The van der Waals surface area contributed by atoms with Crippen LogP contribution in [0.5, 0.6) is 0 Å². The number of fused-ring (bicyclic) bond motifs is 1. The minimum atomic E-state index is -0.441. The second-order valence-corrected chi connectivity index (χ2v) is 6.62. The molecule has 0 aliphatic rings. The predicted molar refractivity (Wildman–Crippen MR) is 106 cm³/mol. The van der Waals surface area contributed by atoms with Crippen molar-refractivity contribution in [2.24, 2.45) is 0 Å². The lowest BCUT2D eigenvalue weighted by Crippen LogP contribution is -2.14. The van der Waals surface area contributed by atoms with Crippen LogP contribution in [0.3, 0.4) is 0 Å². The average Bonchev–Trinajstić information content (AvgIpc) is 2.90. The third kappa shape index (κ3) is 4.02. The summed E-state index contributed by atoms with van der Waals surface area (Å²) in [6.07, 6.45) is 0. The monoisotopic (exact) mass is 368 g/mol. The molecule has 0 unspecified atom stereocenters. The van der Waals surface area contributed by atoms with Crippen LogP contribution in [0.1, 0.15) is 42.5 Å². The number of aryl methyl sites for hydroxylation is 2. The Morgan fingerprint density at radius 3 is 2.70 bits per heavy atom. The first-order chi connectivity index (χ1) is 12.9. The van der Waals surface area contributed by atoms with Gasteiger partial charge in [-0.1, -0.05) is 12.1 Å². The molecular weight excluding hydrogens is 344 g/mol. The summed E-state index contributed by atoms with van der Waals surface area (Å²) in [5, 5.41) is 7.01. The number of aromatic nitrogens is 2. The van der Waals surface area contributed by atoms with Crippen LogP contribution in [0.4, 0.5) is 17.5 Å². The number of benzene rings is 1. The highest BCUT2D eigenvalue weighted by molar-refractivity contribution is 6.08. The van der Waals surface area contributed by atoms with Gasteiger partial charge >= 0.3 is 5.97 Å². The van der Waals surface area contributed by atoms with Crippen molar-refractivity contribution in [1.29, 1.82) is 0 Å². The van der Waals surface area contributed by atoms with Crippen LogP contribution in [-0.2, 0) is 4.74 Å². The van der Waals surface area contributed by atoms with E-state index < -0.39 is 5.97 Å². The summed E-state index contributed by atoms with van der Waals surface area (Å²) in [5.74, 6) is 0.936. The van der Waals surface area contributed by atoms with E-state index in [9.17, 15) is 4.79 Å². The Morgan fingerprint density at radius 1 is 1.26 bits per heavy atom. The fourth-order valence-electron chi connectivity index (χ4n) is 2.85. The highest BCUT2D eigenvalue weighted by Crippen LogP contribution is 2.32. The van der Waals surface area contributed by atoms with E-state index in [0.29, 0.717) is 34.2 Å². The SMILES string of the molecule is CCOC(=O)c1c(C)oc2nc(Nc3cccc(C)c3)nc(NC(C)C)c12. The van der Waals surface area contributed by atoms with Gasteiger partial charge < -0.3 is 19.8 Å². The molecule has 0 fully saturated rings. The van der Waals surface area contributed by atoms with Gasteiger partial charge in [-0.05, 0) is 52.3 Å². The van der Waals surface area contributed by atoms with E-state index in [1.165, 1.54) is 0 Å². The van der Waals surface area contributed by atoms with Gasteiger partial charge in [-0.3, -0.25) is 0 Å². The number of ether oxygens (including phenoxy) is 1. The van der Waals surface area contributed by atoms with Gasteiger partial charge in [-0.2, -0.15) is 9.97 Å². The summed E-state index contributed by atoms with van der Waals surface area (Å²) >= 11 is 0. The number of carbonyl (C=O) groups is 1. The Balaban J connectivity index is 2.12. The van der Waals surface area contributed by atoms with Crippen molar-refractivity contribution in [3.05, 3.63) is 41.2 Å². The van der Waals surface area contributed by atoms with Crippen LogP contribution in [0.25, 0.3) is 11.1 Å².